The summed E-state index contributed by atoms with van der Waals surface area (Å²) < 4.78 is 10.2. The van der Waals surface area contributed by atoms with Gasteiger partial charge in [0, 0.05) is 6.61 Å². The third-order valence-corrected chi connectivity index (χ3v) is 5.75. The molecule has 1 saturated heterocycles. The summed E-state index contributed by atoms with van der Waals surface area (Å²) in [7, 11) is 0. The molecule has 1 aliphatic heterocycles. The summed E-state index contributed by atoms with van der Waals surface area (Å²) in [5.41, 5.74) is 14.6. The van der Waals surface area contributed by atoms with Crippen LogP contribution in [0.4, 0.5) is 0 Å². The minimum atomic E-state index is -2.49. The number of alkyl halides is 1. The Morgan fingerprint density at radius 1 is 1.00 bits per heavy atom. The van der Waals surface area contributed by atoms with Gasteiger partial charge in [0.15, 0.2) is 6.29 Å². The van der Waals surface area contributed by atoms with Crippen LogP contribution in [-0.4, -0.2) is 103 Å². The van der Waals surface area contributed by atoms with Gasteiger partial charge in [0.05, 0.1) is 6.61 Å². The molecule has 1 aliphatic carbocycles. The molecule has 0 amide bonds. The molecular formula is C18H31ClN2O10Pt. The van der Waals surface area contributed by atoms with Crippen molar-refractivity contribution in [1.29, 1.82) is 0 Å². The maximum absolute atomic E-state index is 10.9. The van der Waals surface area contributed by atoms with Gasteiger partial charge in [-0.2, -0.15) is 12.1 Å². The molecule has 12 nitrogen and oxygen atoms in total. The van der Waals surface area contributed by atoms with Crippen molar-refractivity contribution in [3.63, 3.8) is 0 Å². The number of halogens is 1. The van der Waals surface area contributed by atoms with Crippen LogP contribution in [0.3, 0.4) is 0 Å². The molecule has 0 aromatic rings. The molecular weight excluding hydrogens is 635 g/mol. The molecule has 1 unspecified atom stereocenters. The smallest absolute Gasteiger partial charge is 0.676 e. The van der Waals surface area contributed by atoms with Crippen molar-refractivity contribution in [2.24, 2.45) is 0 Å². The van der Waals surface area contributed by atoms with Gasteiger partial charge in [0.25, 0.3) is 0 Å². The summed E-state index contributed by atoms with van der Waals surface area (Å²) in [5, 5.41) is 55.5. The van der Waals surface area contributed by atoms with Crippen LogP contribution in [0.2, 0.25) is 0 Å². The van der Waals surface area contributed by atoms with E-state index in [1.54, 1.807) is 0 Å². The largest absolute Gasteiger partial charge is 2.00 e. The predicted molar refractivity (Wildman–Crippen MR) is 107 cm³/mol. The first-order valence-corrected chi connectivity index (χ1v) is 10.3. The van der Waals surface area contributed by atoms with Crippen LogP contribution >= 0.6 is 11.6 Å². The Hall–Kier alpha value is -0.402. The predicted octanol–water partition coefficient (Wildman–Crippen LogP) is 0.129. The maximum Gasteiger partial charge on any atom is 2.00 e. The second kappa shape index (κ2) is 14.8. The minimum absolute atomic E-state index is 0. The zero-order chi connectivity index (χ0) is 23.8. The van der Waals surface area contributed by atoms with E-state index in [9.17, 15) is 24.9 Å². The topological polar surface area (TPSA) is 222 Å². The summed E-state index contributed by atoms with van der Waals surface area (Å²) in [6, 6.07) is -0.160. The molecule has 0 aromatic heterocycles. The van der Waals surface area contributed by atoms with Gasteiger partial charge in [0.1, 0.15) is 24.4 Å². The number of carbonyl (C=O) groups is 2. The third kappa shape index (κ3) is 8.75. The second-order valence-electron chi connectivity index (χ2n) is 7.58. The first kappa shape index (κ1) is 31.6. The van der Waals surface area contributed by atoms with Crippen molar-refractivity contribution in [2.75, 3.05) is 13.2 Å². The quantitative estimate of drug-likeness (QED) is 0.117. The molecule has 2 aliphatic rings. The number of carboxylic acid groups (broad SMARTS) is 2. The van der Waals surface area contributed by atoms with E-state index < -0.39 is 60.5 Å². The van der Waals surface area contributed by atoms with Crippen molar-refractivity contribution in [3.05, 3.63) is 11.5 Å². The Kier molecular flexibility index (Phi) is 14.6. The average molecular weight is 666 g/mol. The third-order valence-electron chi connectivity index (χ3n) is 5.24. The van der Waals surface area contributed by atoms with Crippen LogP contribution in [0.5, 0.6) is 0 Å². The molecule has 1 saturated carbocycles. The second-order valence-corrected chi connectivity index (χ2v) is 8.23. The van der Waals surface area contributed by atoms with Gasteiger partial charge >= 0.3 is 33.0 Å². The van der Waals surface area contributed by atoms with Gasteiger partial charge in [-0.25, -0.2) is 9.59 Å². The van der Waals surface area contributed by atoms with E-state index >= 15 is 0 Å². The fourth-order valence-corrected chi connectivity index (χ4v) is 3.29. The van der Waals surface area contributed by atoms with Gasteiger partial charge < -0.3 is 51.6 Å². The number of hydrogen-bond acceptors (Lipinski definition) is 8. The van der Waals surface area contributed by atoms with Crippen LogP contribution in [0.1, 0.15) is 38.5 Å². The molecule has 1 heterocycles. The Bertz CT molecular complexity index is 564. The van der Waals surface area contributed by atoms with E-state index in [1.807, 2.05) is 0 Å². The van der Waals surface area contributed by atoms with E-state index in [2.05, 4.69) is 0 Å². The van der Waals surface area contributed by atoms with Gasteiger partial charge in [-0.05, 0) is 12.8 Å². The Balaban J connectivity index is 0.000000896. The number of nitrogens with one attached hydrogen (secondary N) is 2. The van der Waals surface area contributed by atoms with Crippen LogP contribution in [0.15, 0.2) is 0 Å². The molecule has 190 valence electrons. The first-order valence-electron chi connectivity index (χ1n) is 9.95. The molecule has 0 spiro atoms. The van der Waals surface area contributed by atoms with E-state index in [0.717, 1.165) is 12.8 Å². The normalized spacial score (nSPS) is 32.8. The molecule has 0 aromatic carbocycles. The minimum Gasteiger partial charge on any atom is -0.676 e. The molecule has 7 atom stereocenters. The number of aliphatic hydroxyl groups is 4. The van der Waals surface area contributed by atoms with Gasteiger partial charge in [-0.15, -0.1) is 0 Å². The summed E-state index contributed by atoms with van der Waals surface area (Å²) in [5.74, 6) is -3.42. The first-order chi connectivity index (χ1) is 14.5. The number of aliphatic hydroxyl groups excluding tert-OH is 4. The molecule has 2 fully saturated rings. The van der Waals surface area contributed by atoms with Crippen LogP contribution in [0.25, 0.3) is 11.5 Å². The summed E-state index contributed by atoms with van der Waals surface area (Å²) in [6.45, 7) is -0.842. The molecule has 0 bridgehead atoms. The Morgan fingerprint density at radius 2 is 1.50 bits per heavy atom. The van der Waals surface area contributed by atoms with Crippen molar-refractivity contribution in [2.45, 2.75) is 86.2 Å². The zero-order valence-electron chi connectivity index (χ0n) is 17.2. The average Bonchev–Trinajstić information content (AvgIpc) is 2.73. The molecule has 0 radical (unpaired) electrons. The monoisotopic (exact) mass is 665 g/mol. The van der Waals surface area contributed by atoms with Gasteiger partial charge in [-0.3, -0.25) is 0 Å². The van der Waals surface area contributed by atoms with Crippen molar-refractivity contribution in [3.8, 4) is 0 Å². The van der Waals surface area contributed by atoms with Crippen LogP contribution < -0.4 is 0 Å². The van der Waals surface area contributed by atoms with E-state index in [4.69, 9.17) is 47.9 Å². The van der Waals surface area contributed by atoms with E-state index in [1.165, 1.54) is 12.8 Å². The van der Waals surface area contributed by atoms with Crippen molar-refractivity contribution in [1.82, 2.24) is 0 Å². The van der Waals surface area contributed by atoms with Crippen LogP contribution in [0, 0.1) is 0 Å². The van der Waals surface area contributed by atoms with Crippen molar-refractivity contribution >= 4 is 23.5 Å². The number of ether oxygens (including phenoxy) is 2. The summed E-state index contributed by atoms with van der Waals surface area (Å²) in [6.07, 6.45) is -3.51. The fourth-order valence-electron chi connectivity index (χ4n) is 3.16. The number of rotatable bonds is 8. The standard InChI is InChI=1S/C12H19ClO10.C6H12N2.Pt/c13-12(10(18)19,11(20)21)2-1-3-22-9-8(17)7(16)6(15)5(4-14)23-9;7-5-3-1-2-4-6(5)8;/h5-9,14-17H,1-4H2,(H,18,19)(H,20,21);5-8H,1-4H2;/q;-2;+2/t5-,6+,7+,8-,9?;5-,6-;/m11./s1. The van der Waals surface area contributed by atoms with Crippen molar-refractivity contribution < 1.29 is 70.8 Å². The summed E-state index contributed by atoms with van der Waals surface area (Å²) in [4.78, 5) is 19.2. The summed E-state index contributed by atoms with van der Waals surface area (Å²) >= 11 is 5.51. The maximum atomic E-state index is 10.9. The van der Waals surface area contributed by atoms with Gasteiger partial charge in [-0.1, -0.05) is 37.3 Å². The number of carboxylic acids is 2. The zero-order valence-corrected chi connectivity index (χ0v) is 20.2. The molecule has 14 heteroatoms. The Labute approximate surface area is 205 Å². The van der Waals surface area contributed by atoms with Gasteiger partial charge in [0.2, 0.25) is 4.87 Å². The van der Waals surface area contributed by atoms with Crippen LogP contribution in [-0.2, 0) is 40.1 Å². The molecule has 2 rings (SSSR count). The molecule has 8 N–H and O–H groups in total. The molecule has 32 heavy (non-hydrogen) atoms. The number of hydrogen-bond donors (Lipinski definition) is 6. The number of aliphatic carboxylic acids is 2. The van der Waals surface area contributed by atoms with E-state index in [0.29, 0.717) is 0 Å². The fraction of sp³-hybridized carbons (Fsp3) is 0.889. The SMILES string of the molecule is O=C(O)C(Cl)(CCCOC1O[C@H](CO)[C@H](O)[C@H](O)[C@H]1O)C(=O)O.[NH-][C@@H]1CCCC[C@H]1[NH-].[Pt+2]. The Morgan fingerprint density at radius 3 is 1.91 bits per heavy atom. The van der Waals surface area contributed by atoms with E-state index in [-0.39, 0.29) is 46.2 Å².